The van der Waals surface area contributed by atoms with Crippen molar-refractivity contribution in [3.63, 3.8) is 0 Å². The second kappa shape index (κ2) is 11.2. The molecule has 0 saturated heterocycles. The topological polar surface area (TPSA) is 96.1 Å². The number of nitrogens with one attached hydrogen (secondary N) is 3. The van der Waals surface area contributed by atoms with Crippen LogP contribution in [0.3, 0.4) is 0 Å². The number of anilines is 1. The molecule has 0 aliphatic heterocycles. The maximum absolute atomic E-state index is 13.1. The minimum atomic E-state index is -0.689. The number of aromatic amines is 1. The first-order valence-electron chi connectivity index (χ1n) is 9.91. The lowest BCUT2D eigenvalue weighted by atomic mass is 9.98. The minimum absolute atomic E-state index is 0.311. The van der Waals surface area contributed by atoms with E-state index in [1.807, 2.05) is 54.9 Å². The molecule has 3 N–H and O–H groups in total. The van der Waals surface area contributed by atoms with Crippen LogP contribution in [-0.2, 0) is 16.1 Å². The van der Waals surface area contributed by atoms with Crippen molar-refractivity contribution in [1.29, 1.82) is 0 Å². The lowest BCUT2D eigenvalue weighted by molar-refractivity contribution is -0.142. The number of hydrogen-bond donors (Lipinski definition) is 3. The van der Waals surface area contributed by atoms with Crippen LogP contribution in [-0.4, -0.2) is 47.0 Å². The molecular weight excluding hydrogens is 412 g/mol. The number of carbonyl (C=O) groups excluding carboxylic acids is 2. The van der Waals surface area contributed by atoms with Gasteiger partial charge in [-0.25, -0.2) is 9.78 Å². The number of methoxy groups -OCH3 is 1. The number of carbonyl (C=O) groups is 2. The number of hydrogen-bond acceptors (Lipinski definition) is 6. The van der Waals surface area contributed by atoms with E-state index in [9.17, 15) is 9.59 Å². The third-order valence-corrected chi connectivity index (χ3v) is 5.42. The zero-order valence-electron chi connectivity index (χ0n) is 17.6. The molecule has 3 rings (SSSR count). The standard InChI is InChI=1S/C23H26N4O3S/c1-30-23(29)21(10-11-31-2)27-22(28)19-9-8-17(25-14-18-13-24-15-26-18)12-20(19)16-6-4-3-5-7-16/h3-9,12-13,15,21,25H,10-11,14H2,1-2H3,(H,24,26)(H,27,28). The molecule has 2 aromatic carbocycles. The van der Waals surface area contributed by atoms with Crippen molar-refractivity contribution in [1.82, 2.24) is 15.3 Å². The molecule has 1 heterocycles. The summed E-state index contributed by atoms with van der Waals surface area (Å²) in [5.41, 5.74) is 3.94. The van der Waals surface area contributed by atoms with E-state index in [0.29, 0.717) is 18.5 Å². The Hall–Kier alpha value is -3.26. The molecule has 162 valence electrons. The fourth-order valence-electron chi connectivity index (χ4n) is 3.15. The SMILES string of the molecule is COC(=O)C(CCSC)NC(=O)c1ccc(NCc2c[nH]cn2)cc1-c1ccccc1. The summed E-state index contributed by atoms with van der Waals surface area (Å²) < 4.78 is 4.87. The van der Waals surface area contributed by atoms with Crippen molar-refractivity contribution < 1.29 is 14.3 Å². The molecule has 0 spiro atoms. The molecule has 3 aromatic rings. The summed E-state index contributed by atoms with van der Waals surface area (Å²) >= 11 is 1.61. The summed E-state index contributed by atoms with van der Waals surface area (Å²) in [6.45, 7) is 0.558. The van der Waals surface area contributed by atoms with E-state index >= 15 is 0 Å². The van der Waals surface area contributed by atoms with E-state index in [2.05, 4.69) is 20.6 Å². The first-order valence-corrected chi connectivity index (χ1v) is 11.3. The lowest BCUT2D eigenvalue weighted by Crippen LogP contribution is -2.42. The summed E-state index contributed by atoms with van der Waals surface area (Å²) in [5, 5.41) is 6.17. The molecule has 31 heavy (non-hydrogen) atoms. The van der Waals surface area contributed by atoms with Crippen molar-refractivity contribution >= 4 is 29.3 Å². The molecule has 8 heteroatoms. The van der Waals surface area contributed by atoms with Gasteiger partial charge in [-0.05, 0) is 47.8 Å². The van der Waals surface area contributed by atoms with Crippen molar-refractivity contribution in [3.05, 3.63) is 72.3 Å². The van der Waals surface area contributed by atoms with Gasteiger partial charge in [-0.1, -0.05) is 30.3 Å². The van der Waals surface area contributed by atoms with Gasteiger partial charge in [0.1, 0.15) is 6.04 Å². The number of H-pyrrole nitrogens is 1. The summed E-state index contributed by atoms with van der Waals surface area (Å²) in [5.74, 6) is -0.0167. The van der Waals surface area contributed by atoms with Gasteiger partial charge in [-0.15, -0.1) is 0 Å². The zero-order valence-corrected chi connectivity index (χ0v) is 18.4. The van der Waals surface area contributed by atoms with E-state index in [1.165, 1.54) is 7.11 Å². The molecule has 1 aromatic heterocycles. The highest BCUT2D eigenvalue weighted by atomic mass is 32.2. The van der Waals surface area contributed by atoms with Gasteiger partial charge in [0, 0.05) is 17.4 Å². The van der Waals surface area contributed by atoms with Gasteiger partial charge < -0.3 is 20.4 Å². The number of rotatable bonds is 10. The molecule has 0 aliphatic carbocycles. The third kappa shape index (κ3) is 6.11. The van der Waals surface area contributed by atoms with E-state index < -0.39 is 12.0 Å². The molecule has 1 atom stereocenters. The van der Waals surface area contributed by atoms with E-state index in [0.717, 1.165) is 28.3 Å². The monoisotopic (exact) mass is 438 g/mol. The summed E-state index contributed by atoms with van der Waals surface area (Å²) in [7, 11) is 1.33. The highest BCUT2D eigenvalue weighted by molar-refractivity contribution is 7.98. The maximum atomic E-state index is 13.1. The fourth-order valence-corrected chi connectivity index (χ4v) is 3.62. The number of benzene rings is 2. The van der Waals surface area contributed by atoms with E-state index in [1.54, 1.807) is 24.2 Å². The first kappa shape index (κ1) is 22.4. The van der Waals surface area contributed by atoms with Crippen molar-refractivity contribution in [2.24, 2.45) is 0 Å². The van der Waals surface area contributed by atoms with Gasteiger partial charge in [0.15, 0.2) is 0 Å². The van der Waals surface area contributed by atoms with Gasteiger partial charge >= 0.3 is 5.97 Å². The predicted molar refractivity (Wildman–Crippen MR) is 124 cm³/mol. The average molecular weight is 439 g/mol. The number of amides is 1. The summed E-state index contributed by atoms with van der Waals surface area (Å²) in [4.78, 5) is 32.4. The highest BCUT2D eigenvalue weighted by Gasteiger charge is 2.23. The highest BCUT2D eigenvalue weighted by Crippen LogP contribution is 2.27. The number of nitrogens with zero attached hydrogens (tertiary/aromatic N) is 1. The Kier molecular flexibility index (Phi) is 8.12. The van der Waals surface area contributed by atoms with Gasteiger partial charge in [0.25, 0.3) is 5.91 Å². The molecule has 0 saturated carbocycles. The quantitative estimate of drug-likeness (QED) is 0.418. The molecule has 1 amide bonds. The Labute approximate surface area is 186 Å². The zero-order chi connectivity index (χ0) is 22.1. The second-order valence-electron chi connectivity index (χ2n) is 6.87. The van der Waals surface area contributed by atoms with Crippen molar-refractivity contribution in [3.8, 4) is 11.1 Å². The van der Waals surface area contributed by atoms with Crippen LogP contribution in [0.25, 0.3) is 11.1 Å². The van der Waals surface area contributed by atoms with Crippen LogP contribution in [0.4, 0.5) is 5.69 Å². The molecule has 0 radical (unpaired) electrons. The van der Waals surface area contributed by atoms with Gasteiger partial charge in [0.05, 0.1) is 25.7 Å². The van der Waals surface area contributed by atoms with E-state index in [-0.39, 0.29) is 5.91 Å². The van der Waals surface area contributed by atoms with Crippen LogP contribution < -0.4 is 10.6 Å². The Morgan fingerprint density at radius 1 is 1.19 bits per heavy atom. The van der Waals surface area contributed by atoms with Crippen molar-refractivity contribution in [2.45, 2.75) is 19.0 Å². The number of thioether (sulfide) groups is 1. The Balaban J connectivity index is 1.87. The van der Waals surface area contributed by atoms with Crippen LogP contribution in [0.5, 0.6) is 0 Å². The summed E-state index contributed by atoms with van der Waals surface area (Å²) in [6, 6.07) is 14.6. The number of esters is 1. The Morgan fingerprint density at radius 3 is 2.68 bits per heavy atom. The largest absolute Gasteiger partial charge is 0.467 e. The number of ether oxygens (including phenoxy) is 1. The number of imidazole rings is 1. The van der Waals surface area contributed by atoms with Crippen LogP contribution in [0.15, 0.2) is 61.1 Å². The predicted octanol–water partition coefficient (Wildman–Crippen LogP) is 3.71. The second-order valence-corrected chi connectivity index (χ2v) is 7.86. The van der Waals surface area contributed by atoms with Crippen molar-refractivity contribution in [2.75, 3.05) is 24.4 Å². The fraction of sp³-hybridized carbons (Fsp3) is 0.261. The molecule has 7 nitrogen and oxygen atoms in total. The molecule has 0 aliphatic rings. The average Bonchev–Trinajstić information content (AvgIpc) is 3.34. The van der Waals surface area contributed by atoms with E-state index in [4.69, 9.17) is 4.74 Å². The smallest absolute Gasteiger partial charge is 0.328 e. The normalized spacial score (nSPS) is 11.5. The van der Waals surface area contributed by atoms with Gasteiger partial charge in [-0.2, -0.15) is 11.8 Å². The number of aromatic nitrogens is 2. The third-order valence-electron chi connectivity index (χ3n) is 4.78. The lowest BCUT2D eigenvalue weighted by Gasteiger charge is -2.18. The first-order chi connectivity index (χ1) is 15.1. The molecule has 0 bridgehead atoms. The van der Waals surface area contributed by atoms with Crippen LogP contribution in [0.1, 0.15) is 22.5 Å². The summed E-state index contributed by atoms with van der Waals surface area (Å²) in [6.07, 6.45) is 5.92. The molecule has 1 unspecified atom stereocenters. The van der Waals surface area contributed by atoms with Crippen LogP contribution >= 0.6 is 11.8 Å². The Morgan fingerprint density at radius 2 is 2.00 bits per heavy atom. The molecule has 0 fully saturated rings. The van der Waals surface area contributed by atoms with Crippen LogP contribution in [0.2, 0.25) is 0 Å². The van der Waals surface area contributed by atoms with Gasteiger partial charge in [-0.3, -0.25) is 4.79 Å². The minimum Gasteiger partial charge on any atom is -0.467 e. The van der Waals surface area contributed by atoms with Crippen LogP contribution in [0, 0.1) is 0 Å². The maximum Gasteiger partial charge on any atom is 0.328 e. The Bertz CT molecular complexity index is 993. The van der Waals surface area contributed by atoms with Gasteiger partial charge in [0.2, 0.25) is 0 Å². The molecular formula is C23H26N4O3S.